The summed E-state index contributed by atoms with van der Waals surface area (Å²) in [6.07, 6.45) is 13.7. The van der Waals surface area contributed by atoms with Gasteiger partial charge in [0.25, 0.3) is 0 Å². The van der Waals surface area contributed by atoms with Gasteiger partial charge in [-0.15, -0.1) is 0 Å². The minimum Gasteiger partial charge on any atom is -0.480 e. The van der Waals surface area contributed by atoms with E-state index in [0.717, 1.165) is 12.8 Å². The molecule has 0 aromatic carbocycles. The Kier molecular flexibility index (Phi) is 15.8. The number of carbonyl (C=O) groups is 3. The van der Waals surface area contributed by atoms with E-state index in [2.05, 4.69) is 12.2 Å². The van der Waals surface area contributed by atoms with Crippen molar-refractivity contribution < 1.29 is 24.2 Å². The standard InChI is InChI=1S/C14H29NO2.C5H7NO3/c1-2-3-4-5-6-7-8-9-10-11-12-17-14(16)13-15;7-4-2-1-3(6-4)5(8)9/h2-13,15H2,1H3;3H,1-2H2,(H,6,7)(H,8,9)/t;3-/m.0/s1. The molecule has 1 atom stereocenters. The van der Waals surface area contributed by atoms with Crippen LogP contribution in [0.15, 0.2) is 0 Å². The van der Waals surface area contributed by atoms with Crippen molar-refractivity contribution in [1.29, 1.82) is 0 Å². The maximum absolute atomic E-state index is 10.7. The lowest BCUT2D eigenvalue weighted by Crippen LogP contribution is -2.32. The fourth-order valence-corrected chi connectivity index (χ4v) is 2.63. The Hall–Kier alpha value is -1.63. The minimum absolute atomic E-state index is 0.00222. The molecule has 0 spiro atoms. The van der Waals surface area contributed by atoms with E-state index in [9.17, 15) is 14.4 Å². The Labute approximate surface area is 157 Å². The summed E-state index contributed by atoms with van der Waals surface area (Å²) in [7, 11) is 0. The van der Waals surface area contributed by atoms with Crippen LogP contribution in [0.1, 0.15) is 84.0 Å². The van der Waals surface area contributed by atoms with Gasteiger partial charge in [0.1, 0.15) is 6.04 Å². The number of amides is 1. The largest absolute Gasteiger partial charge is 0.480 e. The Morgan fingerprint density at radius 3 is 2.00 bits per heavy atom. The number of carboxylic acid groups (broad SMARTS) is 1. The van der Waals surface area contributed by atoms with Gasteiger partial charge in [-0.05, 0) is 12.8 Å². The quantitative estimate of drug-likeness (QED) is 0.338. The van der Waals surface area contributed by atoms with Crippen LogP contribution in [0.25, 0.3) is 0 Å². The normalized spacial score (nSPS) is 15.8. The third-order valence-electron chi connectivity index (χ3n) is 4.22. The molecular weight excluding hydrogens is 336 g/mol. The monoisotopic (exact) mass is 372 g/mol. The summed E-state index contributed by atoms with van der Waals surface area (Å²) in [6, 6.07) is -0.641. The number of nitrogens with two attached hydrogens (primary N) is 1. The average molecular weight is 373 g/mol. The Bertz CT molecular complexity index is 401. The molecule has 0 unspecified atom stereocenters. The highest BCUT2D eigenvalue weighted by molar-refractivity contribution is 5.87. The summed E-state index contributed by atoms with van der Waals surface area (Å²) >= 11 is 0. The molecule has 1 fully saturated rings. The van der Waals surface area contributed by atoms with Gasteiger partial charge in [0, 0.05) is 6.42 Å². The molecule has 0 bridgehead atoms. The lowest BCUT2D eigenvalue weighted by molar-refractivity contribution is -0.142. The van der Waals surface area contributed by atoms with Gasteiger partial charge in [-0.1, -0.05) is 64.7 Å². The molecule has 0 aromatic rings. The number of carboxylic acids is 1. The SMILES string of the molecule is CCCCCCCCCCCCOC(=O)CN.O=C1CC[C@@H](C(=O)O)N1. The number of nitrogens with one attached hydrogen (secondary N) is 1. The van der Waals surface area contributed by atoms with E-state index >= 15 is 0 Å². The molecular formula is C19H36N2O5. The molecule has 26 heavy (non-hydrogen) atoms. The van der Waals surface area contributed by atoms with Crippen LogP contribution in [-0.2, 0) is 19.1 Å². The Morgan fingerprint density at radius 1 is 1.08 bits per heavy atom. The van der Waals surface area contributed by atoms with Crippen molar-refractivity contribution in [2.75, 3.05) is 13.2 Å². The second kappa shape index (κ2) is 16.8. The third-order valence-corrected chi connectivity index (χ3v) is 4.22. The third kappa shape index (κ3) is 14.7. The van der Waals surface area contributed by atoms with E-state index in [0.29, 0.717) is 19.4 Å². The fraction of sp³-hybridized carbons (Fsp3) is 0.842. The van der Waals surface area contributed by atoms with Crippen molar-refractivity contribution in [3.8, 4) is 0 Å². The van der Waals surface area contributed by atoms with Crippen molar-refractivity contribution >= 4 is 17.8 Å². The molecule has 1 aliphatic heterocycles. The van der Waals surface area contributed by atoms with Gasteiger partial charge < -0.3 is 20.9 Å². The highest BCUT2D eigenvalue weighted by Crippen LogP contribution is 2.10. The zero-order chi connectivity index (χ0) is 19.6. The van der Waals surface area contributed by atoms with Crippen molar-refractivity contribution in [3.63, 3.8) is 0 Å². The molecule has 1 aliphatic rings. The molecule has 1 rings (SSSR count). The van der Waals surface area contributed by atoms with Crippen LogP contribution >= 0.6 is 0 Å². The molecule has 152 valence electrons. The van der Waals surface area contributed by atoms with E-state index < -0.39 is 12.0 Å². The lowest BCUT2D eigenvalue weighted by Gasteiger charge is -2.03. The van der Waals surface area contributed by atoms with E-state index in [-0.39, 0.29) is 18.4 Å². The molecule has 1 saturated heterocycles. The van der Waals surface area contributed by atoms with Crippen LogP contribution in [0, 0.1) is 0 Å². The first-order valence-corrected chi connectivity index (χ1v) is 9.89. The van der Waals surface area contributed by atoms with Gasteiger partial charge in [0.05, 0.1) is 13.2 Å². The maximum Gasteiger partial charge on any atom is 0.326 e. The summed E-state index contributed by atoms with van der Waals surface area (Å²) in [6.45, 7) is 2.78. The van der Waals surface area contributed by atoms with Crippen molar-refractivity contribution in [3.05, 3.63) is 0 Å². The number of rotatable bonds is 13. The molecule has 0 saturated carbocycles. The van der Waals surface area contributed by atoms with Crippen LogP contribution in [0.4, 0.5) is 0 Å². The molecule has 1 heterocycles. The van der Waals surface area contributed by atoms with Gasteiger partial charge in [0.15, 0.2) is 0 Å². The Balaban J connectivity index is 0.000000577. The topological polar surface area (TPSA) is 119 Å². The van der Waals surface area contributed by atoms with Crippen LogP contribution in [0.2, 0.25) is 0 Å². The number of hydrogen-bond donors (Lipinski definition) is 3. The summed E-state index contributed by atoms with van der Waals surface area (Å²) in [5.41, 5.74) is 5.13. The van der Waals surface area contributed by atoms with Gasteiger partial charge in [-0.2, -0.15) is 0 Å². The summed E-state index contributed by atoms with van der Waals surface area (Å²) in [4.78, 5) is 31.2. The molecule has 4 N–H and O–H groups in total. The van der Waals surface area contributed by atoms with Crippen molar-refractivity contribution in [1.82, 2.24) is 5.32 Å². The van der Waals surface area contributed by atoms with Gasteiger partial charge in [-0.25, -0.2) is 4.79 Å². The molecule has 7 heteroatoms. The second-order valence-corrected chi connectivity index (χ2v) is 6.60. The zero-order valence-corrected chi connectivity index (χ0v) is 16.1. The van der Waals surface area contributed by atoms with Crippen molar-refractivity contribution in [2.24, 2.45) is 5.73 Å². The molecule has 0 aromatic heterocycles. The first kappa shape index (κ1) is 24.4. The lowest BCUT2D eigenvalue weighted by atomic mass is 10.1. The molecule has 1 amide bonds. The smallest absolute Gasteiger partial charge is 0.326 e. The van der Waals surface area contributed by atoms with Crippen LogP contribution in [-0.4, -0.2) is 42.1 Å². The highest BCUT2D eigenvalue weighted by atomic mass is 16.5. The Morgan fingerprint density at radius 2 is 1.62 bits per heavy atom. The van der Waals surface area contributed by atoms with Gasteiger partial charge in [0.2, 0.25) is 5.91 Å². The number of ether oxygens (including phenoxy) is 1. The van der Waals surface area contributed by atoms with E-state index in [1.54, 1.807) is 0 Å². The first-order chi connectivity index (χ1) is 12.5. The number of aliphatic carboxylic acids is 1. The number of unbranched alkanes of at least 4 members (excludes halogenated alkanes) is 9. The number of esters is 1. The van der Waals surface area contributed by atoms with Crippen LogP contribution in [0.3, 0.4) is 0 Å². The number of hydrogen-bond acceptors (Lipinski definition) is 5. The van der Waals surface area contributed by atoms with Gasteiger partial charge >= 0.3 is 11.9 Å². The first-order valence-electron chi connectivity index (χ1n) is 9.89. The van der Waals surface area contributed by atoms with Crippen LogP contribution in [0.5, 0.6) is 0 Å². The average Bonchev–Trinajstić information content (AvgIpc) is 3.07. The molecule has 7 nitrogen and oxygen atoms in total. The zero-order valence-electron chi connectivity index (χ0n) is 16.1. The second-order valence-electron chi connectivity index (χ2n) is 6.60. The minimum atomic E-state index is -0.944. The summed E-state index contributed by atoms with van der Waals surface area (Å²) in [5.74, 6) is -1.40. The van der Waals surface area contributed by atoms with E-state index in [1.807, 2.05) is 0 Å². The number of carbonyl (C=O) groups excluding carboxylic acids is 2. The summed E-state index contributed by atoms with van der Waals surface area (Å²) < 4.78 is 4.90. The van der Waals surface area contributed by atoms with Crippen molar-refractivity contribution in [2.45, 2.75) is 90.0 Å². The highest BCUT2D eigenvalue weighted by Gasteiger charge is 2.26. The summed E-state index contributed by atoms with van der Waals surface area (Å²) in [5, 5.41) is 10.6. The molecule has 0 radical (unpaired) electrons. The predicted octanol–water partition coefficient (Wildman–Crippen LogP) is 2.76. The maximum atomic E-state index is 10.7. The molecule has 0 aliphatic carbocycles. The van der Waals surface area contributed by atoms with E-state index in [1.165, 1.54) is 51.4 Å². The predicted molar refractivity (Wildman–Crippen MR) is 101 cm³/mol. The van der Waals surface area contributed by atoms with Gasteiger partial charge in [-0.3, -0.25) is 9.59 Å². The fourth-order valence-electron chi connectivity index (χ4n) is 2.63. The van der Waals surface area contributed by atoms with Crippen LogP contribution < -0.4 is 11.1 Å². The van der Waals surface area contributed by atoms with E-state index in [4.69, 9.17) is 15.6 Å².